The largest absolute Gasteiger partial charge is 0.319 e. The van der Waals surface area contributed by atoms with Crippen LogP contribution in [0.5, 0.6) is 0 Å². The summed E-state index contributed by atoms with van der Waals surface area (Å²) in [5, 5.41) is 3.18. The van der Waals surface area contributed by atoms with E-state index in [2.05, 4.69) is 17.0 Å². The number of hydrogen-bond acceptors (Lipinski definition) is 3. The summed E-state index contributed by atoms with van der Waals surface area (Å²) in [5.41, 5.74) is 0. The summed E-state index contributed by atoms with van der Waals surface area (Å²) in [6, 6.07) is 0.138. The summed E-state index contributed by atoms with van der Waals surface area (Å²) < 4.78 is 29.4. The van der Waals surface area contributed by atoms with Crippen LogP contribution in [0.15, 0.2) is 0 Å². The van der Waals surface area contributed by atoms with Crippen LogP contribution >= 0.6 is 0 Å². The van der Waals surface area contributed by atoms with Gasteiger partial charge in [-0.3, -0.25) is 0 Å². The monoisotopic (exact) mass is 303 g/mol. The topological polar surface area (TPSA) is 61.4 Å². The minimum Gasteiger partial charge on any atom is -0.319 e. The zero-order valence-corrected chi connectivity index (χ0v) is 13.6. The highest BCUT2D eigenvalue weighted by Crippen LogP contribution is 2.25. The van der Waals surface area contributed by atoms with Crippen molar-refractivity contribution >= 4 is 10.2 Å². The molecule has 0 aromatic carbocycles. The molecule has 0 bridgehead atoms. The van der Waals surface area contributed by atoms with E-state index < -0.39 is 10.2 Å². The zero-order chi connectivity index (χ0) is 14.6. The lowest BCUT2D eigenvalue weighted by molar-refractivity contribution is 0.261. The molecule has 1 heterocycles. The second-order valence-corrected chi connectivity index (χ2v) is 8.19. The van der Waals surface area contributed by atoms with Gasteiger partial charge in [-0.25, -0.2) is 0 Å². The van der Waals surface area contributed by atoms with Crippen molar-refractivity contribution in [2.24, 2.45) is 11.8 Å². The van der Waals surface area contributed by atoms with Crippen molar-refractivity contribution in [3.63, 3.8) is 0 Å². The van der Waals surface area contributed by atoms with Crippen molar-refractivity contribution in [1.29, 1.82) is 0 Å². The van der Waals surface area contributed by atoms with Crippen molar-refractivity contribution in [3.8, 4) is 0 Å². The molecule has 0 aromatic rings. The van der Waals surface area contributed by atoms with E-state index in [9.17, 15) is 8.42 Å². The fourth-order valence-electron chi connectivity index (χ4n) is 3.47. The Morgan fingerprint density at radius 3 is 2.45 bits per heavy atom. The third-order valence-electron chi connectivity index (χ3n) is 4.66. The van der Waals surface area contributed by atoms with Crippen LogP contribution in [0.3, 0.4) is 0 Å². The maximum Gasteiger partial charge on any atom is 0.279 e. The third-order valence-corrected chi connectivity index (χ3v) is 6.33. The van der Waals surface area contributed by atoms with E-state index >= 15 is 0 Å². The SMILES string of the molecule is CNCC1CCN(S(=O)(=O)NC2CCCC(C)C2)CC1. The van der Waals surface area contributed by atoms with Gasteiger partial charge in [0.15, 0.2) is 0 Å². The highest BCUT2D eigenvalue weighted by Gasteiger charge is 2.30. The molecule has 0 amide bonds. The van der Waals surface area contributed by atoms with Gasteiger partial charge >= 0.3 is 0 Å². The first-order valence-electron chi connectivity index (χ1n) is 7.93. The molecule has 0 radical (unpaired) electrons. The molecule has 1 saturated carbocycles. The molecule has 5 nitrogen and oxygen atoms in total. The highest BCUT2D eigenvalue weighted by molar-refractivity contribution is 7.87. The van der Waals surface area contributed by atoms with E-state index in [1.807, 2.05) is 7.05 Å². The number of hydrogen-bond donors (Lipinski definition) is 2. The summed E-state index contributed by atoms with van der Waals surface area (Å²) in [7, 11) is -1.33. The van der Waals surface area contributed by atoms with Crippen molar-refractivity contribution in [1.82, 2.24) is 14.3 Å². The van der Waals surface area contributed by atoms with Crippen LogP contribution in [0.25, 0.3) is 0 Å². The first kappa shape index (κ1) is 16.2. The lowest BCUT2D eigenvalue weighted by Crippen LogP contribution is -2.49. The van der Waals surface area contributed by atoms with E-state index in [4.69, 9.17) is 0 Å². The van der Waals surface area contributed by atoms with Gasteiger partial charge in [-0.1, -0.05) is 19.8 Å². The van der Waals surface area contributed by atoms with Crippen molar-refractivity contribution in [2.75, 3.05) is 26.7 Å². The molecule has 2 unspecified atom stereocenters. The van der Waals surface area contributed by atoms with Crippen molar-refractivity contribution < 1.29 is 8.42 Å². The van der Waals surface area contributed by atoms with Crippen LogP contribution in [0.2, 0.25) is 0 Å². The third kappa shape index (κ3) is 4.41. The van der Waals surface area contributed by atoms with Gasteiger partial charge in [0.25, 0.3) is 10.2 Å². The van der Waals surface area contributed by atoms with Gasteiger partial charge in [-0.15, -0.1) is 0 Å². The van der Waals surface area contributed by atoms with E-state index in [-0.39, 0.29) is 6.04 Å². The second kappa shape index (κ2) is 7.20. The average Bonchev–Trinajstić information content (AvgIpc) is 2.39. The molecule has 20 heavy (non-hydrogen) atoms. The number of nitrogens with one attached hydrogen (secondary N) is 2. The molecule has 1 saturated heterocycles. The summed E-state index contributed by atoms with van der Waals surface area (Å²) in [5.74, 6) is 1.25. The van der Waals surface area contributed by atoms with E-state index in [0.29, 0.717) is 24.9 Å². The standard InChI is InChI=1S/C14H29N3O2S/c1-12-4-3-5-14(10-12)16-20(18,19)17-8-6-13(7-9-17)11-15-2/h12-16H,3-11H2,1-2H3. The highest BCUT2D eigenvalue weighted by atomic mass is 32.2. The van der Waals surface area contributed by atoms with E-state index in [0.717, 1.165) is 38.6 Å². The fraction of sp³-hybridized carbons (Fsp3) is 1.00. The number of rotatable bonds is 5. The minimum atomic E-state index is -3.28. The van der Waals surface area contributed by atoms with Gasteiger partial charge in [-0.2, -0.15) is 17.4 Å². The Morgan fingerprint density at radius 2 is 1.85 bits per heavy atom. The van der Waals surface area contributed by atoms with E-state index in [1.165, 1.54) is 6.42 Å². The van der Waals surface area contributed by atoms with Crippen LogP contribution < -0.4 is 10.0 Å². The Kier molecular flexibility index (Phi) is 5.84. The zero-order valence-electron chi connectivity index (χ0n) is 12.8. The van der Waals surface area contributed by atoms with Crippen LogP contribution in [-0.2, 0) is 10.2 Å². The molecule has 2 aliphatic rings. The predicted octanol–water partition coefficient (Wildman–Crippen LogP) is 1.33. The Morgan fingerprint density at radius 1 is 1.15 bits per heavy atom. The Labute approximate surface area is 123 Å². The van der Waals surface area contributed by atoms with Crippen LogP contribution in [0.1, 0.15) is 45.4 Å². The normalized spacial score (nSPS) is 30.5. The van der Waals surface area contributed by atoms with Crippen LogP contribution in [0.4, 0.5) is 0 Å². The molecule has 2 atom stereocenters. The molecule has 2 fully saturated rings. The predicted molar refractivity (Wildman–Crippen MR) is 81.7 cm³/mol. The molecular formula is C14H29N3O2S. The second-order valence-electron chi connectivity index (χ2n) is 6.49. The molecule has 118 valence electrons. The van der Waals surface area contributed by atoms with Crippen LogP contribution in [-0.4, -0.2) is 45.4 Å². The van der Waals surface area contributed by atoms with Gasteiger partial charge in [-0.05, 0) is 51.1 Å². The molecule has 2 N–H and O–H groups in total. The molecule has 2 rings (SSSR count). The lowest BCUT2D eigenvalue weighted by atomic mass is 9.88. The summed E-state index contributed by atoms with van der Waals surface area (Å²) in [6.07, 6.45) is 6.26. The van der Waals surface area contributed by atoms with Gasteiger partial charge < -0.3 is 5.32 Å². The van der Waals surface area contributed by atoms with E-state index in [1.54, 1.807) is 4.31 Å². The average molecular weight is 303 g/mol. The Bertz CT molecular complexity index is 391. The smallest absolute Gasteiger partial charge is 0.279 e. The van der Waals surface area contributed by atoms with Gasteiger partial charge in [0.05, 0.1) is 0 Å². The van der Waals surface area contributed by atoms with Crippen molar-refractivity contribution in [3.05, 3.63) is 0 Å². The molecule has 1 aliphatic heterocycles. The maximum absolute atomic E-state index is 12.4. The molecule has 0 spiro atoms. The van der Waals surface area contributed by atoms with Gasteiger partial charge in [0.1, 0.15) is 0 Å². The van der Waals surface area contributed by atoms with Gasteiger partial charge in [0.2, 0.25) is 0 Å². The first-order valence-corrected chi connectivity index (χ1v) is 9.37. The maximum atomic E-state index is 12.4. The molecule has 6 heteroatoms. The quantitative estimate of drug-likeness (QED) is 0.805. The summed E-state index contributed by atoms with van der Waals surface area (Å²) in [4.78, 5) is 0. The fourth-order valence-corrected chi connectivity index (χ4v) is 4.94. The Balaban J connectivity index is 1.84. The lowest BCUT2D eigenvalue weighted by Gasteiger charge is -2.34. The molecule has 0 aromatic heterocycles. The van der Waals surface area contributed by atoms with Crippen LogP contribution in [0, 0.1) is 11.8 Å². The van der Waals surface area contributed by atoms with Gasteiger partial charge in [0, 0.05) is 19.1 Å². The molecule has 1 aliphatic carbocycles. The number of nitrogens with zero attached hydrogens (tertiary/aromatic N) is 1. The molecular weight excluding hydrogens is 274 g/mol. The first-order chi connectivity index (χ1) is 9.51. The Hall–Kier alpha value is -0.170. The summed E-state index contributed by atoms with van der Waals surface area (Å²) in [6.45, 7) is 4.51. The number of piperidine rings is 1. The minimum absolute atomic E-state index is 0.138. The summed E-state index contributed by atoms with van der Waals surface area (Å²) >= 11 is 0. The van der Waals surface area contributed by atoms with Crippen molar-refractivity contribution in [2.45, 2.75) is 51.5 Å².